The van der Waals surface area contributed by atoms with Gasteiger partial charge in [-0.1, -0.05) is 48.8 Å². The molecule has 0 N–H and O–H groups in total. The van der Waals surface area contributed by atoms with Gasteiger partial charge in [0.15, 0.2) is 5.60 Å². The first-order valence-corrected chi connectivity index (χ1v) is 7.51. The van der Waals surface area contributed by atoms with Gasteiger partial charge in [-0.25, -0.2) is 9.48 Å². The highest BCUT2D eigenvalue weighted by Crippen LogP contribution is 2.21. The van der Waals surface area contributed by atoms with Crippen molar-refractivity contribution in [2.45, 2.75) is 32.4 Å². The molecule has 5 heteroatoms. The number of aromatic nitrogens is 2. The molecule has 2 aromatic rings. The van der Waals surface area contributed by atoms with Gasteiger partial charge in [-0.3, -0.25) is 0 Å². The Bertz CT molecular complexity index is 798. The predicted molar refractivity (Wildman–Crippen MR) is 89.9 cm³/mol. The summed E-state index contributed by atoms with van der Waals surface area (Å²) in [7, 11) is 0. The van der Waals surface area contributed by atoms with E-state index < -0.39 is 17.5 Å². The van der Waals surface area contributed by atoms with E-state index in [-0.39, 0.29) is 11.7 Å². The van der Waals surface area contributed by atoms with Gasteiger partial charge in [0.1, 0.15) is 5.69 Å². The Morgan fingerprint density at radius 3 is 2.71 bits per heavy atom. The summed E-state index contributed by atoms with van der Waals surface area (Å²) in [5.41, 5.74) is -0.0787. The predicted octanol–water partition coefficient (Wildman–Crippen LogP) is 3.76. The molecule has 0 aliphatic carbocycles. The number of hydrogen-bond acceptors (Lipinski definition) is 3. The fraction of sp³-hybridized carbons (Fsp3) is 0.263. The van der Waals surface area contributed by atoms with E-state index in [4.69, 9.17) is 4.74 Å². The van der Waals surface area contributed by atoms with Crippen molar-refractivity contribution in [1.29, 1.82) is 0 Å². The quantitative estimate of drug-likeness (QED) is 0.635. The molecular weight excluding hydrogens is 307 g/mol. The summed E-state index contributed by atoms with van der Waals surface area (Å²) in [4.78, 5) is 12.5. The maximum atomic E-state index is 13.7. The van der Waals surface area contributed by atoms with Crippen molar-refractivity contribution in [1.82, 2.24) is 9.78 Å². The van der Waals surface area contributed by atoms with Crippen molar-refractivity contribution in [2.24, 2.45) is 0 Å². The van der Waals surface area contributed by atoms with Gasteiger partial charge in [0, 0.05) is 6.07 Å². The van der Waals surface area contributed by atoms with Gasteiger partial charge in [0.05, 0.1) is 6.04 Å². The first kappa shape index (κ1) is 17.5. The van der Waals surface area contributed by atoms with E-state index in [2.05, 4.69) is 23.5 Å². The molecule has 0 saturated heterocycles. The molecule has 0 bridgehead atoms. The second-order valence-electron chi connectivity index (χ2n) is 5.76. The van der Waals surface area contributed by atoms with E-state index in [1.165, 1.54) is 10.8 Å². The molecule has 0 spiro atoms. The lowest BCUT2D eigenvalue weighted by Gasteiger charge is -2.20. The molecule has 4 nitrogen and oxygen atoms in total. The first-order valence-electron chi connectivity index (χ1n) is 7.51. The van der Waals surface area contributed by atoms with Crippen molar-refractivity contribution >= 4 is 5.97 Å². The van der Waals surface area contributed by atoms with Crippen LogP contribution in [-0.2, 0) is 4.74 Å². The van der Waals surface area contributed by atoms with E-state index >= 15 is 0 Å². The molecule has 0 amide bonds. The number of ether oxygens (including phenoxy) is 1. The van der Waals surface area contributed by atoms with Crippen LogP contribution in [-0.4, -0.2) is 21.4 Å². The Hall–Kier alpha value is -2.87. The van der Waals surface area contributed by atoms with Crippen molar-refractivity contribution in [2.75, 3.05) is 0 Å². The molecule has 0 aliphatic heterocycles. The summed E-state index contributed by atoms with van der Waals surface area (Å²) in [5.74, 6) is 4.00. The number of nitrogens with zero attached hydrogens (tertiary/aromatic N) is 2. The van der Waals surface area contributed by atoms with Crippen molar-refractivity contribution < 1.29 is 13.9 Å². The third-order valence-electron chi connectivity index (χ3n) is 3.39. The molecule has 2 rings (SSSR count). The normalized spacial score (nSPS) is 12.0. The Kier molecular flexibility index (Phi) is 5.20. The minimum atomic E-state index is -1.02. The second-order valence-corrected chi connectivity index (χ2v) is 5.76. The zero-order chi connectivity index (χ0) is 17.7. The van der Waals surface area contributed by atoms with Crippen molar-refractivity contribution in [3.63, 3.8) is 0 Å². The molecule has 0 aliphatic rings. The standard InChI is InChI=1S/C19H19FN2O2/c1-5-6-12-19(3,4)24-18(23)16-13-17(20)21-22(16)14(2)15-10-8-7-9-11-15/h5,7-11,13-14H,1H2,2-4H3/t14-/m1/s1. The van der Waals surface area contributed by atoms with Crippen LogP contribution in [0.2, 0.25) is 0 Å². The third-order valence-corrected chi connectivity index (χ3v) is 3.39. The Labute approximate surface area is 140 Å². The van der Waals surface area contributed by atoms with Crippen LogP contribution in [0.3, 0.4) is 0 Å². The molecule has 0 unspecified atom stereocenters. The van der Waals surface area contributed by atoms with Gasteiger partial charge >= 0.3 is 5.97 Å². The van der Waals surface area contributed by atoms with Crippen LogP contribution in [0.25, 0.3) is 0 Å². The summed E-state index contributed by atoms with van der Waals surface area (Å²) in [5, 5.41) is 3.80. The summed E-state index contributed by atoms with van der Waals surface area (Å²) in [6.07, 6.45) is 1.41. The van der Waals surface area contributed by atoms with Crippen LogP contribution < -0.4 is 0 Å². The van der Waals surface area contributed by atoms with Crippen molar-refractivity contribution in [3.05, 3.63) is 66.3 Å². The summed E-state index contributed by atoms with van der Waals surface area (Å²) in [6, 6.07) is 10.2. The fourth-order valence-corrected chi connectivity index (χ4v) is 2.22. The maximum Gasteiger partial charge on any atom is 0.358 e. The van der Waals surface area contributed by atoms with Crippen LogP contribution >= 0.6 is 0 Å². The third kappa shape index (κ3) is 4.11. The van der Waals surface area contributed by atoms with Gasteiger partial charge in [-0.05, 0) is 32.4 Å². The average Bonchev–Trinajstić information content (AvgIpc) is 2.95. The molecule has 0 saturated carbocycles. The Morgan fingerprint density at radius 1 is 1.42 bits per heavy atom. The molecular formula is C19H19FN2O2. The number of esters is 1. The molecule has 124 valence electrons. The van der Waals surface area contributed by atoms with Gasteiger partial charge in [0.25, 0.3) is 0 Å². The first-order chi connectivity index (χ1) is 11.3. The van der Waals surface area contributed by atoms with Gasteiger partial charge in [-0.2, -0.15) is 4.39 Å². The SMILES string of the molecule is C=CC#CC(C)(C)OC(=O)c1cc(F)nn1[C@H](C)c1ccccc1. The minimum Gasteiger partial charge on any atom is -0.442 e. The minimum absolute atomic E-state index is 0.0392. The van der Waals surface area contributed by atoms with E-state index in [0.717, 1.165) is 11.6 Å². The lowest BCUT2D eigenvalue weighted by molar-refractivity contribution is 0.0189. The molecule has 1 atom stereocenters. The number of hydrogen-bond donors (Lipinski definition) is 0. The van der Waals surface area contributed by atoms with Crippen LogP contribution in [0.1, 0.15) is 42.9 Å². The van der Waals surface area contributed by atoms with Crippen molar-refractivity contribution in [3.8, 4) is 11.8 Å². The highest BCUT2D eigenvalue weighted by molar-refractivity contribution is 5.88. The zero-order valence-electron chi connectivity index (χ0n) is 13.9. The van der Waals surface area contributed by atoms with E-state index in [0.29, 0.717) is 0 Å². The highest BCUT2D eigenvalue weighted by Gasteiger charge is 2.26. The number of rotatable bonds is 4. The largest absolute Gasteiger partial charge is 0.442 e. The number of benzene rings is 1. The highest BCUT2D eigenvalue weighted by atomic mass is 19.1. The molecule has 0 fully saturated rings. The van der Waals surface area contributed by atoms with Gasteiger partial charge in [-0.15, -0.1) is 5.10 Å². The monoisotopic (exact) mass is 326 g/mol. The number of carbonyl (C=O) groups is 1. The van der Waals surface area contributed by atoms with E-state index in [1.54, 1.807) is 13.8 Å². The fourth-order valence-electron chi connectivity index (χ4n) is 2.22. The Morgan fingerprint density at radius 2 is 2.08 bits per heavy atom. The Balaban J connectivity index is 2.32. The van der Waals surface area contributed by atoms with Gasteiger partial charge < -0.3 is 4.74 Å². The molecule has 0 radical (unpaired) electrons. The van der Waals surface area contributed by atoms with E-state index in [1.807, 2.05) is 37.3 Å². The zero-order valence-corrected chi connectivity index (χ0v) is 13.9. The number of allylic oxidation sites excluding steroid dienone is 1. The maximum absolute atomic E-state index is 13.7. The van der Waals surface area contributed by atoms with Gasteiger partial charge in [0.2, 0.25) is 5.95 Å². The topological polar surface area (TPSA) is 44.1 Å². The molecule has 24 heavy (non-hydrogen) atoms. The number of carbonyl (C=O) groups excluding carboxylic acids is 1. The smallest absolute Gasteiger partial charge is 0.358 e. The van der Waals surface area contributed by atoms with Crippen LogP contribution in [0.5, 0.6) is 0 Å². The summed E-state index contributed by atoms with van der Waals surface area (Å²) >= 11 is 0. The molecule has 1 aromatic carbocycles. The van der Waals surface area contributed by atoms with Crippen LogP contribution in [0.4, 0.5) is 4.39 Å². The number of halogens is 1. The average molecular weight is 326 g/mol. The lowest BCUT2D eigenvalue weighted by atomic mass is 10.1. The van der Waals surface area contributed by atoms with E-state index in [9.17, 15) is 9.18 Å². The molecule has 1 aromatic heterocycles. The summed E-state index contributed by atoms with van der Waals surface area (Å²) in [6.45, 7) is 8.64. The van der Waals surface area contributed by atoms with Crippen LogP contribution in [0.15, 0.2) is 49.1 Å². The second kappa shape index (κ2) is 7.14. The lowest BCUT2D eigenvalue weighted by Crippen LogP contribution is -2.28. The van der Waals surface area contributed by atoms with Crippen LogP contribution in [0, 0.1) is 17.8 Å². The summed E-state index contributed by atoms with van der Waals surface area (Å²) < 4.78 is 20.4. The molecule has 1 heterocycles.